The predicted molar refractivity (Wildman–Crippen MR) is 69.3 cm³/mol. The Bertz CT molecular complexity index is 376. The number of hydrogen-bond donors (Lipinski definition) is 2. The fourth-order valence-corrected chi connectivity index (χ4v) is 2.33. The van der Waals surface area contributed by atoms with Crippen molar-refractivity contribution >= 4 is 18.0 Å². The van der Waals surface area contributed by atoms with E-state index in [0.29, 0.717) is 0 Å². The van der Waals surface area contributed by atoms with E-state index in [1.807, 2.05) is 0 Å². The summed E-state index contributed by atoms with van der Waals surface area (Å²) < 4.78 is 5.22. The number of carboxylic acid groups (broad SMARTS) is 2. The first kappa shape index (κ1) is 16.3. The fourth-order valence-electron chi connectivity index (χ4n) is 2.33. The zero-order valence-electron chi connectivity index (χ0n) is 12.0. The SMILES string of the molecule is CC(C)(C)OC(=O)N1C[C@@H](CC(=O)O)[C@H](CC(=O)O)C1. The van der Waals surface area contributed by atoms with Gasteiger partial charge in [0.1, 0.15) is 5.60 Å². The van der Waals surface area contributed by atoms with Gasteiger partial charge in [-0.2, -0.15) is 0 Å². The van der Waals surface area contributed by atoms with E-state index in [1.165, 1.54) is 4.90 Å². The van der Waals surface area contributed by atoms with Gasteiger partial charge in [0, 0.05) is 13.1 Å². The highest BCUT2D eigenvalue weighted by molar-refractivity contribution is 5.71. The average Bonchev–Trinajstić information content (AvgIpc) is 2.57. The van der Waals surface area contributed by atoms with E-state index >= 15 is 0 Å². The highest BCUT2D eigenvalue weighted by atomic mass is 16.6. The zero-order chi connectivity index (χ0) is 15.5. The molecule has 1 rings (SSSR count). The minimum atomic E-state index is -0.989. The van der Waals surface area contributed by atoms with Crippen LogP contribution in [-0.4, -0.2) is 51.8 Å². The van der Waals surface area contributed by atoms with E-state index in [0.717, 1.165) is 0 Å². The summed E-state index contributed by atoms with van der Waals surface area (Å²) in [6, 6.07) is 0. The first-order valence-electron chi connectivity index (χ1n) is 6.50. The van der Waals surface area contributed by atoms with Crippen LogP contribution in [0.15, 0.2) is 0 Å². The lowest BCUT2D eigenvalue weighted by atomic mass is 9.90. The van der Waals surface area contributed by atoms with Gasteiger partial charge in [-0.1, -0.05) is 0 Å². The molecule has 1 aliphatic rings. The minimum Gasteiger partial charge on any atom is -0.481 e. The Balaban J connectivity index is 2.70. The summed E-state index contributed by atoms with van der Waals surface area (Å²) in [5, 5.41) is 17.7. The van der Waals surface area contributed by atoms with Crippen molar-refractivity contribution in [2.45, 2.75) is 39.2 Å². The number of carboxylic acids is 2. The molecule has 0 aromatic heterocycles. The molecule has 1 heterocycles. The number of ether oxygens (including phenoxy) is 1. The third-order valence-electron chi connectivity index (χ3n) is 3.10. The lowest BCUT2D eigenvalue weighted by Crippen LogP contribution is -2.35. The van der Waals surface area contributed by atoms with Gasteiger partial charge in [0.2, 0.25) is 0 Å². The summed E-state index contributed by atoms with van der Waals surface area (Å²) in [5.41, 5.74) is -0.635. The van der Waals surface area contributed by atoms with Gasteiger partial charge in [0.15, 0.2) is 0 Å². The van der Waals surface area contributed by atoms with Crippen LogP contribution in [0.25, 0.3) is 0 Å². The third-order valence-corrected chi connectivity index (χ3v) is 3.10. The molecule has 7 nitrogen and oxygen atoms in total. The normalized spacial score (nSPS) is 22.6. The molecule has 0 bridgehead atoms. The highest BCUT2D eigenvalue weighted by Crippen LogP contribution is 2.30. The van der Waals surface area contributed by atoms with Crippen molar-refractivity contribution in [1.82, 2.24) is 4.90 Å². The van der Waals surface area contributed by atoms with E-state index in [9.17, 15) is 14.4 Å². The molecule has 0 aliphatic carbocycles. The van der Waals surface area contributed by atoms with E-state index < -0.39 is 23.6 Å². The molecule has 1 aliphatic heterocycles. The molecule has 1 amide bonds. The molecule has 20 heavy (non-hydrogen) atoms. The zero-order valence-corrected chi connectivity index (χ0v) is 12.0. The van der Waals surface area contributed by atoms with E-state index in [2.05, 4.69) is 0 Å². The number of nitrogens with zero attached hydrogens (tertiary/aromatic N) is 1. The van der Waals surface area contributed by atoms with Crippen molar-refractivity contribution in [1.29, 1.82) is 0 Å². The number of hydrogen-bond acceptors (Lipinski definition) is 4. The van der Waals surface area contributed by atoms with Crippen LogP contribution in [0.2, 0.25) is 0 Å². The molecule has 0 unspecified atom stereocenters. The van der Waals surface area contributed by atoms with Crippen LogP contribution >= 0.6 is 0 Å². The maximum absolute atomic E-state index is 11.9. The second-order valence-corrected chi connectivity index (χ2v) is 6.10. The molecule has 0 spiro atoms. The molecule has 2 atom stereocenters. The molecule has 0 saturated carbocycles. The molecule has 2 N–H and O–H groups in total. The van der Waals surface area contributed by atoms with Crippen molar-refractivity contribution in [2.24, 2.45) is 11.8 Å². The van der Waals surface area contributed by atoms with Crippen LogP contribution in [0, 0.1) is 11.8 Å². The number of rotatable bonds is 4. The quantitative estimate of drug-likeness (QED) is 0.810. The van der Waals surface area contributed by atoms with Gasteiger partial charge in [-0.3, -0.25) is 9.59 Å². The summed E-state index contributed by atoms with van der Waals surface area (Å²) in [7, 11) is 0. The standard InChI is InChI=1S/C13H21NO6/c1-13(2,3)20-12(19)14-6-8(4-10(15)16)9(7-14)5-11(17)18/h8-9H,4-7H2,1-3H3,(H,15,16)(H,17,18)/t8-,9-/m1/s1. The van der Waals surface area contributed by atoms with Crippen LogP contribution in [-0.2, 0) is 14.3 Å². The molecular formula is C13H21NO6. The smallest absolute Gasteiger partial charge is 0.410 e. The molecule has 1 saturated heterocycles. The highest BCUT2D eigenvalue weighted by Gasteiger charge is 2.38. The van der Waals surface area contributed by atoms with Gasteiger partial charge < -0.3 is 19.8 Å². The Kier molecular flexibility index (Phi) is 4.97. The number of amides is 1. The van der Waals surface area contributed by atoms with Crippen molar-refractivity contribution in [3.8, 4) is 0 Å². The van der Waals surface area contributed by atoms with Gasteiger partial charge in [-0.25, -0.2) is 4.79 Å². The van der Waals surface area contributed by atoms with Crippen LogP contribution in [0.1, 0.15) is 33.6 Å². The molecule has 114 valence electrons. The first-order valence-corrected chi connectivity index (χ1v) is 6.50. The number of likely N-dealkylation sites (tertiary alicyclic amines) is 1. The molecular weight excluding hydrogens is 266 g/mol. The van der Waals surface area contributed by atoms with Gasteiger partial charge in [-0.05, 0) is 32.6 Å². The lowest BCUT2D eigenvalue weighted by Gasteiger charge is -2.24. The summed E-state index contributed by atoms with van der Waals surface area (Å²) in [6.45, 7) is 5.66. The van der Waals surface area contributed by atoms with Gasteiger partial charge in [0.25, 0.3) is 0 Å². The fraction of sp³-hybridized carbons (Fsp3) is 0.769. The number of carbonyl (C=O) groups excluding carboxylic acids is 1. The Labute approximate surface area is 117 Å². The van der Waals surface area contributed by atoms with Gasteiger partial charge in [0.05, 0.1) is 12.8 Å². The van der Waals surface area contributed by atoms with Crippen molar-refractivity contribution in [3.63, 3.8) is 0 Å². The van der Waals surface area contributed by atoms with E-state index in [4.69, 9.17) is 14.9 Å². The Morgan fingerprint density at radius 2 is 1.45 bits per heavy atom. The first-order chi connectivity index (χ1) is 9.08. The van der Waals surface area contributed by atoms with E-state index in [-0.39, 0.29) is 37.8 Å². The minimum absolute atomic E-state index is 0.142. The Morgan fingerprint density at radius 3 is 1.75 bits per heavy atom. The molecule has 1 fully saturated rings. The topological polar surface area (TPSA) is 104 Å². The molecule has 7 heteroatoms. The largest absolute Gasteiger partial charge is 0.481 e. The molecule has 0 radical (unpaired) electrons. The van der Waals surface area contributed by atoms with Gasteiger partial charge >= 0.3 is 18.0 Å². The average molecular weight is 287 g/mol. The summed E-state index contributed by atoms with van der Waals surface area (Å²) in [6.07, 6.45) is -0.810. The van der Waals surface area contributed by atoms with Crippen LogP contribution in [0.4, 0.5) is 4.79 Å². The number of carbonyl (C=O) groups is 3. The Hall–Kier alpha value is -1.79. The summed E-state index contributed by atoms with van der Waals surface area (Å²) in [4.78, 5) is 34.9. The molecule has 0 aromatic rings. The monoisotopic (exact) mass is 287 g/mol. The summed E-state index contributed by atoms with van der Waals surface area (Å²) in [5.74, 6) is -2.68. The number of aliphatic carboxylic acids is 2. The maximum atomic E-state index is 11.9. The van der Waals surface area contributed by atoms with Crippen molar-refractivity contribution in [3.05, 3.63) is 0 Å². The Morgan fingerprint density at radius 1 is 1.05 bits per heavy atom. The predicted octanol–water partition coefficient (Wildman–Crippen LogP) is 1.42. The summed E-state index contributed by atoms with van der Waals surface area (Å²) >= 11 is 0. The van der Waals surface area contributed by atoms with E-state index in [1.54, 1.807) is 20.8 Å². The molecule has 0 aromatic carbocycles. The second kappa shape index (κ2) is 6.11. The van der Waals surface area contributed by atoms with Crippen molar-refractivity contribution in [2.75, 3.05) is 13.1 Å². The van der Waals surface area contributed by atoms with Crippen molar-refractivity contribution < 1.29 is 29.3 Å². The lowest BCUT2D eigenvalue weighted by molar-refractivity contribution is -0.141. The van der Waals surface area contributed by atoms with Crippen LogP contribution in [0.5, 0.6) is 0 Å². The van der Waals surface area contributed by atoms with Gasteiger partial charge in [-0.15, -0.1) is 0 Å². The maximum Gasteiger partial charge on any atom is 0.410 e. The third kappa shape index (κ3) is 5.07. The second-order valence-electron chi connectivity index (χ2n) is 6.10. The van der Waals surface area contributed by atoms with Crippen LogP contribution in [0.3, 0.4) is 0 Å². The van der Waals surface area contributed by atoms with Crippen LogP contribution < -0.4 is 0 Å².